The molecule has 3 aromatic rings. The standard InChI is InChI=1S/C15H10Cl3FN2/c1-8(16)15-20-14-10(18)3-2-4-13(14)21(15)12-6-5-9(17)7-11(12)19/h2-8H,1H3. The van der Waals surface area contributed by atoms with Gasteiger partial charge in [0.25, 0.3) is 0 Å². The number of para-hydroxylation sites is 1. The quantitative estimate of drug-likeness (QED) is 0.540. The Hall–Kier alpha value is -1.29. The van der Waals surface area contributed by atoms with Crippen molar-refractivity contribution in [3.8, 4) is 5.69 Å². The zero-order valence-electron chi connectivity index (χ0n) is 10.9. The predicted molar refractivity (Wildman–Crippen MR) is 85.3 cm³/mol. The maximum absolute atomic E-state index is 14.3. The van der Waals surface area contributed by atoms with Crippen molar-refractivity contribution in [3.63, 3.8) is 0 Å². The lowest BCUT2D eigenvalue weighted by Crippen LogP contribution is -2.04. The van der Waals surface area contributed by atoms with Gasteiger partial charge in [-0.15, -0.1) is 11.6 Å². The average molecular weight is 344 g/mol. The summed E-state index contributed by atoms with van der Waals surface area (Å²) in [5.41, 5.74) is 1.63. The first-order valence-corrected chi connectivity index (χ1v) is 7.44. The molecule has 0 spiro atoms. The lowest BCUT2D eigenvalue weighted by molar-refractivity contribution is 0.616. The van der Waals surface area contributed by atoms with E-state index >= 15 is 0 Å². The van der Waals surface area contributed by atoms with Crippen molar-refractivity contribution in [2.24, 2.45) is 0 Å². The molecule has 21 heavy (non-hydrogen) atoms. The molecule has 0 saturated carbocycles. The van der Waals surface area contributed by atoms with E-state index in [0.29, 0.717) is 32.6 Å². The molecular weight excluding hydrogens is 334 g/mol. The number of hydrogen-bond donors (Lipinski definition) is 0. The van der Waals surface area contributed by atoms with Crippen LogP contribution in [-0.4, -0.2) is 9.55 Å². The van der Waals surface area contributed by atoms with E-state index < -0.39 is 11.2 Å². The Bertz CT molecular complexity index is 827. The normalized spacial score (nSPS) is 12.8. The fraction of sp³-hybridized carbons (Fsp3) is 0.133. The van der Waals surface area contributed by atoms with Crippen LogP contribution in [0.4, 0.5) is 4.39 Å². The highest BCUT2D eigenvalue weighted by molar-refractivity contribution is 6.35. The molecule has 6 heteroatoms. The van der Waals surface area contributed by atoms with Crippen LogP contribution in [0.25, 0.3) is 16.7 Å². The van der Waals surface area contributed by atoms with Gasteiger partial charge in [0, 0.05) is 5.02 Å². The molecule has 3 rings (SSSR count). The minimum atomic E-state index is -0.444. The summed E-state index contributed by atoms with van der Waals surface area (Å²) < 4.78 is 15.9. The third-order valence-corrected chi connectivity index (χ3v) is 3.90. The number of halogens is 4. The van der Waals surface area contributed by atoms with Gasteiger partial charge in [-0.25, -0.2) is 9.37 Å². The number of benzene rings is 2. The molecule has 0 radical (unpaired) electrons. The molecule has 1 aromatic heterocycles. The number of imidazole rings is 1. The molecule has 0 saturated heterocycles. The van der Waals surface area contributed by atoms with Crippen LogP contribution in [0, 0.1) is 5.82 Å². The summed E-state index contributed by atoms with van der Waals surface area (Å²) >= 11 is 18.2. The molecule has 0 amide bonds. The smallest absolute Gasteiger partial charge is 0.148 e. The maximum atomic E-state index is 14.3. The SMILES string of the molecule is CC(Cl)c1nc2c(Cl)cccc2n1-c1ccc(Cl)cc1F. The second kappa shape index (κ2) is 5.48. The second-order valence-electron chi connectivity index (χ2n) is 4.62. The number of hydrogen-bond acceptors (Lipinski definition) is 1. The highest BCUT2D eigenvalue weighted by Crippen LogP contribution is 2.32. The molecule has 2 aromatic carbocycles. The van der Waals surface area contributed by atoms with E-state index in [4.69, 9.17) is 34.8 Å². The number of fused-ring (bicyclic) bond motifs is 1. The van der Waals surface area contributed by atoms with Crippen molar-refractivity contribution in [2.45, 2.75) is 12.3 Å². The number of nitrogens with zero attached hydrogens (tertiary/aromatic N) is 2. The van der Waals surface area contributed by atoms with Crippen LogP contribution in [0.15, 0.2) is 36.4 Å². The van der Waals surface area contributed by atoms with Gasteiger partial charge < -0.3 is 0 Å². The van der Waals surface area contributed by atoms with Crippen LogP contribution < -0.4 is 0 Å². The van der Waals surface area contributed by atoms with Gasteiger partial charge in [0.1, 0.15) is 17.2 Å². The first-order chi connectivity index (χ1) is 9.99. The maximum Gasteiger partial charge on any atom is 0.148 e. The van der Waals surface area contributed by atoms with E-state index in [2.05, 4.69) is 4.98 Å². The molecule has 2 nitrogen and oxygen atoms in total. The second-order valence-corrected chi connectivity index (χ2v) is 6.12. The first-order valence-electron chi connectivity index (χ1n) is 6.25. The third kappa shape index (κ3) is 2.50. The van der Waals surface area contributed by atoms with Crippen molar-refractivity contribution < 1.29 is 4.39 Å². The monoisotopic (exact) mass is 342 g/mol. The molecule has 1 heterocycles. The van der Waals surface area contributed by atoms with Crippen LogP contribution in [0.3, 0.4) is 0 Å². The lowest BCUT2D eigenvalue weighted by Gasteiger charge is -2.11. The van der Waals surface area contributed by atoms with E-state index in [9.17, 15) is 4.39 Å². The van der Waals surface area contributed by atoms with E-state index in [1.165, 1.54) is 6.07 Å². The minimum Gasteiger partial charge on any atom is -0.292 e. The molecule has 0 N–H and O–H groups in total. The Morgan fingerprint density at radius 2 is 1.95 bits per heavy atom. The number of alkyl halides is 1. The number of aromatic nitrogens is 2. The fourth-order valence-corrected chi connectivity index (χ4v) is 2.78. The molecule has 0 aliphatic heterocycles. The van der Waals surface area contributed by atoms with Gasteiger partial charge in [-0.3, -0.25) is 4.57 Å². The van der Waals surface area contributed by atoms with Gasteiger partial charge in [-0.05, 0) is 37.3 Å². The van der Waals surface area contributed by atoms with Gasteiger partial charge in [0.2, 0.25) is 0 Å². The van der Waals surface area contributed by atoms with E-state index in [1.807, 2.05) is 6.07 Å². The van der Waals surface area contributed by atoms with Crippen LogP contribution in [0.2, 0.25) is 10.0 Å². The first kappa shape index (κ1) is 14.6. The molecule has 0 fully saturated rings. The Morgan fingerprint density at radius 3 is 2.62 bits per heavy atom. The van der Waals surface area contributed by atoms with E-state index in [1.54, 1.807) is 35.8 Å². The molecule has 1 unspecified atom stereocenters. The largest absolute Gasteiger partial charge is 0.292 e. The lowest BCUT2D eigenvalue weighted by atomic mass is 10.2. The summed E-state index contributed by atoms with van der Waals surface area (Å²) in [5.74, 6) is 0.0846. The summed E-state index contributed by atoms with van der Waals surface area (Å²) in [6.45, 7) is 1.78. The van der Waals surface area contributed by atoms with E-state index in [0.717, 1.165) is 0 Å². The Balaban J connectivity index is 2.39. The number of rotatable bonds is 2. The van der Waals surface area contributed by atoms with Crippen molar-refractivity contribution in [2.75, 3.05) is 0 Å². The highest BCUT2D eigenvalue weighted by atomic mass is 35.5. The molecule has 0 bridgehead atoms. The van der Waals surface area contributed by atoms with Crippen molar-refractivity contribution in [1.29, 1.82) is 0 Å². The van der Waals surface area contributed by atoms with Crippen molar-refractivity contribution in [3.05, 3.63) is 58.1 Å². The van der Waals surface area contributed by atoms with E-state index in [-0.39, 0.29) is 0 Å². The Labute approximate surface area is 136 Å². The Kier molecular flexibility index (Phi) is 3.82. The molecule has 0 aliphatic rings. The van der Waals surface area contributed by atoms with Crippen LogP contribution in [0.5, 0.6) is 0 Å². The molecule has 1 atom stereocenters. The molecular formula is C15H10Cl3FN2. The summed E-state index contributed by atoms with van der Waals surface area (Å²) in [5, 5.41) is 0.432. The zero-order valence-corrected chi connectivity index (χ0v) is 13.2. The fourth-order valence-electron chi connectivity index (χ4n) is 2.27. The van der Waals surface area contributed by atoms with Crippen molar-refractivity contribution in [1.82, 2.24) is 9.55 Å². The van der Waals surface area contributed by atoms with Gasteiger partial charge in [0.05, 0.1) is 21.6 Å². The van der Waals surface area contributed by atoms with Crippen LogP contribution in [-0.2, 0) is 0 Å². The minimum absolute atomic E-state index is 0.333. The topological polar surface area (TPSA) is 17.8 Å². The highest BCUT2D eigenvalue weighted by Gasteiger charge is 2.19. The molecule has 0 aliphatic carbocycles. The molecule has 108 valence electrons. The van der Waals surface area contributed by atoms with Crippen molar-refractivity contribution >= 4 is 45.8 Å². The third-order valence-electron chi connectivity index (χ3n) is 3.17. The van der Waals surface area contributed by atoms with Crippen LogP contribution in [0.1, 0.15) is 18.1 Å². The Morgan fingerprint density at radius 1 is 1.19 bits per heavy atom. The van der Waals surface area contributed by atoms with Gasteiger partial charge in [-0.1, -0.05) is 29.3 Å². The van der Waals surface area contributed by atoms with Crippen LogP contribution >= 0.6 is 34.8 Å². The summed E-state index contributed by atoms with van der Waals surface area (Å²) in [7, 11) is 0. The zero-order chi connectivity index (χ0) is 15.1. The average Bonchev–Trinajstić information content (AvgIpc) is 2.80. The summed E-state index contributed by atoms with van der Waals surface area (Å²) in [6, 6.07) is 9.84. The van der Waals surface area contributed by atoms with Gasteiger partial charge >= 0.3 is 0 Å². The predicted octanol–water partition coefficient (Wildman–Crippen LogP) is 5.77. The summed E-state index contributed by atoms with van der Waals surface area (Å²) in [6.07, 6.45) is 0. The summed E-state index contributed by atoms with van der Waals surface area (Å²) in [4.78, 5) is 4.45. The van der Waals surface area contributed by atoms with Gasteiger partial charge in [0.15, 0.2) is 0 Å². The van der Waals surface area contributed by atoms with Gasteiger partial charge in [-0.2, -0.15) is 0 Å².